The van der Waals surface area contributed by atoms with Gasteiger partial charge in [0.1, 0.15) is 0 Å². The van der Waals surface area contributed by atoms with E-state index in [1.807, 2.05) is 0 Å². The van der Waals surface area contributed by atoms with Gasteiger partial charge in [0, 0.05) is 27.8 Å². The summed E-state index contributed by atoms with van der Waals surface area (Å²) in [6, 6.07) is 64.0. The molecular weight excluding hydrogens is 759 g/mol. The first kappa shape index (κ1) is 35.8. The number of hydrogen-bond acceptors (Lipinski definition) is 1. The predicted molar refractivity (Wildman–Crippen MR) is 259 cm³/mol. The summed E-state index contributed by atoms with van der Waals surface area (Å²) in [6.45, 7) is 0. The van der Waals surface area contributed by atoms with Crippen molar-refractivity contribution in [2.24, 2.45) is 47.3 Å². The molecule has 0 heterocycles. The molecule has 1 nitrogen and oxygen atoms in total. The summed E-state index contributed by atoms with van der Waals surface area (Å²) in [6.07, 6.45) is 14.2. The number of rotatable bonds is 5. The van der Waals surface area contributed by atoms with Gasteiger partial charge in [0.2, 0.25) is 0 Å². The minimum absolute atomic E-state index is 0.118. The molecular formula is C62H55N. The molecule has 0 atom stereocenters. The molecule has 308 valence electrons. The van der Waals surface area contributed by atoms with Gasteiger partial charge in [-0.2, -0.15) is 0 Å². The van der Waals surface area contributed by atoms with Crippen molar-refractivity contribution < 1.29 is 0 Å². The molecule has 10 aliphatic carbocycles. The molecule has 2 spiro atoms. The van der Waals surface area contributed by atoms with Gasteiger partial charge < -0.3 is 4.90 Å². The van der Waals surface area contributed by atoms with Gasteiger partial charge in [0.25, 0.3) is 0 Å². The van der Waals surface area contributed by atoms with Crippen LogP contribution in [0.1, 0.15) is 86.5 Å². The smallest absolute Gasteiger partial charge is 0.0543 e. The maximum atomic E-state index is 2.71. The van der Waals surface area contributed by atoms with Crippen LogP contribution >= 0.6 is 0 Å². The van der Waals surface area contributed by atoms with E-state index < -0.39 is 0 Å². The van der Waals surface area contributed by atoms with Crippen molar-refractivity contribution in [2.75, 3.05) is 4.90 Å². The van der Waals surface area contributed by atoms with Crippen molar-refractivity contribution in [1.82, 2.24) is 0 Å². The highest BCUT2D eigenvalue weighted by molar-refractivity contribution is 5.96. The van der Waals surface area contributed by atoms with Crippen LogP contribution in [0.25, 0.3) is 44.5 Å². The summed E-state index contributed by atoms with van der Waals surface area (Å²) in [5.74, 6) is 6.64. The first-order valence-corrected chi connectivity index (χ1v) is 24.7. The van der Waals surface area contributed by atoms with Gasteiger partial charge in [0.05, 0.1) is 5.69 Å². The number of anilines is 3. The van der Waals surface area contributed by atoms with Gasteiger partial charge in [-0.25, -0.2) is 0 Å². The van der Waals surface area contributed by atoms with E-state index in [9.17, 15) is 0 Å². The van der Waals surface area contributed by atoms with Crippen molar-refractivity contribution in [3.8, 4) is 44.5 Å². The molecule has 8 bridgehead atoms. The molecule has 0 aliphatic heterocycles. The molecule has 17 rings (SSSR count). The molecule has 0 N–H and O–H groups in total. The van der Waals surface area contributed by atoms with E-state index in [0.29, 0.717) is 0 Å². The molecule has 7 aromatic carbocycles. The standard InChI is InChI=1S/C62H55N/c1-2-9-42(10-3-1)43-17-19-44(20-18-43)45-21-23-50(24-22-45)63(51-25-26-53-52-11-4-6-13-55(52)62(58(53)37-51)48-33-40-28-41(35-48)36-49(62)34-40)59-16-8-15-57-60(59)54-12-5-7-14-56(54)61(57)46-29-38-27-39(31-46)32-47(61)30-38/h1-26,37-41,46-49H,27-36H2. The van der Waals surface area contributed by atoms with Gasteiger partial charge in [-0.1, -0.05) is 133 Å². The number of hydrogen-bond donors (Lipinski definition) is 0. The fraction of sp³-hybridized carbons (Fsp3) is 0.323. The van der Waals surface area contributed by atoms with Crippen LogP contribution < -0.4 is 4.90 Å². The first-order chi connectivity index (χ1) is 31.1. The largest absolute Gasteiger partial charge is 0.310 e. The van der Waals surface area contributed by atoms with Gasteiger partial charge >= 0.3 is 0 Å². The van der Waals surface area contributed by atoms with E-state index in [1.165, 1.54) is 126 Å². The molecule has 8 saturated carbocycles. The Kier molecular flexibility index (Phi) is 7.36. The zero-order valence-electron chi connectivity index (χ0n) is 36.2. The zero-order chi connectivity index (χ0) is 41.0. The second-order valence-electron chi connectivity index (χ2n) is 21.7. The lowest BCUT2D eigenvalue weighted by Gasteiger charge is -2.61. The zero-order valence-corrected chi connectivity index (χ0v) is 36.2. The summed E-state index contributed by atoms with van der Waals surface area (Å²) in [4.78, 5) is 2.69. The minimum atomic E-state index is 0.118. The topological polar surface area (TPSA) is 3.24 Å². The molecule has 8 fully saturated rings. The van der Waals surface area contributed by atoms with E-state index in [0.717, 1.165) is 47.3 Å². The summed E-state index contributed by atoms with van der Waals surface area (Å²) in [5.41, 5.74) is 21.7. The maximum Gasteiger partial charge on any atom is 0.0543 e. The van der Waals surface area contributed by atoms with Crippen LogP contribution in [0.3, 0.4) is 0 Å². The summed E-state index contributed by atoms with van der Waals surface area (Å²) < 4.78 is 0. The Balaban J connectivity index is 0.922. The van der Waals surface area contributed by atoms with Crippen LogP contribution in [-0.2, 0) is 10.8 Å². The van der Waals surface area contributed by atoms with Gasteiger partial charge in [-0.15, -0.1) is 0 Å². The van der Waals surface area contributed by atoms with Crippen molar-refractivity contribution in [1.29, 1.82) is 0 Å². The van der Waals surface area contributed by atoms with Crippen LogP contribution in [-0.4, -0.2) is 0 Å². The number of benzene rings is 7. The van der Waals surface area contributed by atoms with Crippen LogP contribution in [0.2, 0.25) is 0 Å². The Labute approximate surface area is 373 Å². The van der Waals surface area contributed by atoms with Gasteiger partial charge in [-0.3, -0.25) is 0 Å². The monoisotopic (exact) mass is 813 g/mol. The normalized spacial score (nSPS) is 31.6. The Morgan fingerprint density at radius 3 is 1.33 bits per heavy atom. The third-order valence-corrected chi connectivity index (χ3v) is 19.0. The molecule has 7 aromatic rings. The van der Waals surface area contributed by atoms with E-state index in [2.05, 4.69) is 169 Å². The minimum Gasteiger partial charge on any atom is -0.310 e. The third kappa shape index (κ3) is 4.74. The van der Waals surface area contributed by atoms with E-state index in [1.54, 1.807) is 22.3 Å². The highest BCUT2D eigenvalue weighted by atomic mass is 15.1. The molecule has 0 aromatic heterocycles. The highest BCUT2D eigenvalue weighted by Gasteiger charge is 2.63. The van der Waals surface area contributed by atoms with Crippen LogP contribution in [0, 0.1) is 47.3 Å². The molecule has 0 radical (unpaired) electrons. The lowest BCUT2D eigenvalue weighted by Crippen LogP contribution is -2.55. The SMILES string of the molecule is c1ccc(-c2ccc(-c3ccc(N(c4ccc5c(c4)C4(c6ccccc6-5)C5CC6CC(C5)CC4C6)c4cccc5c4-c4ccccc4C54C5CC6CC(C5)CC4C6)cc3)cc2)cc1. The molecule has 0 amide bonds. The van der Waals surface area contributed by atoms with Crippen molar-refractivity contribution in [2.45, 2.75) is 75.0 Å². The van der Waals surface area contributed by atoms with Gasteiger partial charge in [-0.05, 0) is 203 Å². The molecule has 1 heteroatoms. The molecule has 63 heavy (non-hydrogen) atoms. The van der Waals surface area contributed by atoms with Crippen molar-refractivity contribution in [3.63, 3.8) is 0 Å². The second kappa shape index (κ2) is 13.0. The molecule has 0 saturated heterocycles. The quantitative estimate of drug-likeness (QED) is 0.167. The second-order valence-corrected chi connectivity index (χ2v) is 21.7. The average molecular weight is 814 g/mol. The number of fused-ring (bicyclic) bond motifs is 6. The predicted octanol–water partition coefficient (Wildman–Crippen LogP) is 15.9. The Hall–Kier alpha value is -5.66. The van der Waals surface area contributed by atoms with E-state index >= 15 is 0 Å². The highest BCUT2D eigenvalue weighted by Crippen LogP contribution is 2.72. The fourth-order valence-electron chi connectivity index (χ4n) is 17.4. The third-order valence-electron chi connectivity index (χ3n) is 19.0. The van der Waals surface area contributed by atoms with Crippen LogP contribution in [0.15, 0.2) is 164 Å². The fourth-order valence-corrected chi connectivity index (χ4v) is 17.4. The Bertz CT molecular complexity index is 2910. The number of nitrogens with zero attached hydrogens (tertiary/aromatic N) is 1. The molecule has 10 aliphatic rings. The van der Waals surface area contributed by atoms with Crippen LogP contribution in [0.5, 0.6) is 0 Å². The van der Waals surface area contributed by atoms with Crippen LogP contribution in [0.4, 0.5) is 17.1 Å². The first-order valence-electron chi connectivity index (χ1n) is 24.7. The summed E-state index contributed by atoms with van der Waals surface area (Å²) >= 11 is 0. The van der Waals surface area contributed by atoms with E-state index in [4.69, 9.17) is 0 Å². The van der Waals surface area contributed by atoms with E-state index in [-0.39, 0.29) is 10.8 Å². The lowest BCUT2D eigenvalue weighted by atomic mass is 9.43. The van der Waals surface area contributed by atoms with Crippen molar-refractivity contribution in [3.05, 3.63) is 186 Å². The average Bonchev–Trinajstić information content (AvgIpc) is 3.79. The Morgan fingerprint density at radius 2 is 0.746 bits per heavy atom. The van der Waals surface area contributed by atoms with Gasteiger partial charge in [0.15, 0.2) is 0 Å². The summed E-state index contributed by atoms with van der Waals surface area (Å²) in [7, 11) is 0. The maximum absolute atomic E-state index is 2.71. The van der Waals surface area contributed by atoms with Crippen molar-refractivity contribution >= 4 is 17.1 Å². The lowest BCUT2D eigenvalue weighted by molar-refractivity contribution is -0.0399. The Morgan fingerprint density at radius 1 is 0.317 bits per heavy atom. The molecule has 0 unspecified atom stereocenters. The summed E-state index contributed by atoms with van der Waals surface area (Å²) in [5, 5.41) is 0.